The fourth-order valence-electron chi connectivity index (χ4n) is 2.95. The first-order valence-corrected chi connectivity index (χ1v) is 8.66. The van der Waals surface area contributed by atoms with Crippen LogP contribution in [0.15, 0.2) is 0 Å². The van der Waals surface area contributed by atoms with Crippen molar-refractivity contribution in [3.63, 3.8) is 0 Å². The minimum atomic E-state index is 0.224. The second kappa shape index (κ2) is 11.1. The van der Waals surface area contributed by atoms with Gasteiger partial charge in [-0.15, -0.1) is 0 Å². The molecule has 0 bridgehead atoms. The second-order valence-electron chi connectivity index (χ2n) is 6.26. The van der Waals surface area contributed by atoms with Crippen molar-refractivity contribution in [2.45, 2.75) is 77.6 Å². The SMILES string of the molecule is CCCCCCCCCCCC(=O)N1CCC(CO)C1. The molecule has 1 amide bonds. The van der Waals surface area contributed by atoms with E-state index in [4.69, 9.17) is 5.11 Å². The van der Waals surface area contributed by atoms with Gasteiger partial charge in [-0.25, -0.2) is 0 Å². The van der Waals surface area contributed by atoms with E-state index in [1.54, 1.807) is 0 Å². The van der Waals surface area contributed by atoms with E-state index in [2.05, 4.69) is 6.92 Å². The van der Waals surface area contributed by atoms with E-state index in [9.17, 15) is 4.79 Å². The monoisotopic (exact) mass is 283 g/mol. The third-order valence-corrected chi connectivity index (χ3v) is 4.39. The summed E-state index contributed by atoms with van der Waals surface area (Å²) in [5.41, 5.74) is 0. The van der Waals surface area contributed by atoms with Crippen LogP contribution in [0.5, 0.6) is 0 Å². The van der Waals surface area contributed by atoms with Gasteiger partial charge in [0.25, 0.3) is 0 Å². The van der Waals surface area contributed by atoms with Crippen molar-refractivity contribution < 1.29 is 9.90 Å². The molecule has 0 radical (unpaired) electrons. The minimum absolute atomic E-state index is 0.224. The Balaban J connectivity index is 1.90. The molecule has 0 saturated carbocycles. The molecule has 1 rings (SSSR count). The summed E-state index contributed by atoms with van der Waals surface area (Å²) < 4.78 is 0. The van der Waals surface area contributed by atoms with Crippen LogP contribution in [0.2, 0.25) is 0 Å². The van der Waals surface area contributed by atoms with Crippen LogP contribution in [0.4, 0.5) is 0 Å². The largest absolute Gasteiger partial charge is 0.396 e. The van der Waals surface area contributed by atoms with Crippen LogP contribution in [-0.4, -0.2) is 35.6 Å². The first kappa shape index (κ1) is 17.5. The Bertz CT molecular complexity index is 255. The maximum Gasteiger partial charge on any atom is 0.222 e. The van der Waals surface area contributed by atoms with Crippen molar-refractivity contribution in [3.05, 3.63) is 0 Å². The molecule has 0 aliphatic carbocycles. The predicted octanol–water partition coefficient (Wildman–Crippen LogP) is 3.75. The lowest BCUT2D eigenvalue weighted by Crippen LogP contribution is -2.28. The number of unbranched alkanes of at least 4 members (excludes halogenated alkanes) is 8. The zero-order chi connectivity index (χ0) is 14.6. The van der Waals surface area contributed by atoms with Crippen molar-refractivity contribution in [1.29, 1.82) is 0 Å². The first-order valence-electron chi connectivity index (χ1n) is 8.66. The molecule has 1 unspecified atom stereocenters. The molecule has 1 saturated heterocycles. The van der Waals surface area contributed by atoms with Gasteiger partial charge in [-0.3, -0.25) is 4.79 Å². The summed E-state index contributed by atoms with van der Waals surface area (Å²) >= 11 is 0. The third-order valence-electron chi connectivity index (χ3n) is 4.39. The van der Waals surface area contributed by atoms with E-state index in [1.807, 2.05) is 4.90 Å². The molecule has 0 spiro atoms. The van der Waals surface area contributed by atoms with Gasteiger partial charge in [-0.05, 0) is 12.8 Å². The Morgan fingerprint density at radius 1 is 1.05 bits per heavy atom. The van der Waals surface area contributed by atoms with Gasteiger partial charge in [0.2, 0.25) is 5.91 Å². The molecule has 1 aliphatic heterocycles. The Morgan fingerprint density at radius 3 is 2.20 bits per heavy atom. The van der Waals surface area contributed by atoms with Gasteiger partial charge in [0.05, 0.1) is 0 Å². The smallest absolute Gasteiger partial charge is 0.222 e. The summed E-state index contributed by atoms with van der Waals surface area (Å²) in [6, 6.07) is 0. The lowest BCUT2D eigenvalue weighted by atomic mass is 10.1. The van der Waals surface area contributed by atoms with Gasteiger partial charge < -0.3 is 10.0 Å². The van der Waals surface area contributed by atoms with Crippen LogP contribution in [0.25, 0.3) is 0 Å². The molecule has 1 fully saturated rings. The number of amides is 1. The van der Waals surface area contributed by atoms with Crippen LogP contribution >= 0.6 is 0 Å². The van der Waals surface area contributed by atoms with Gasteiger partial charge in [-0.1, -0.05) is 58.3 Å². The minimum Gasteiger partial charge on any atom is -0.396 e. The Labute approximate surface area is 124 Å². The van der Waals surface area contributed by atoms with Gasteiger partial charge in [-0.2, -0.15) is 0 Å². The van der Waals surface area contributed by atoms with Crippen molar-refractivity contribution in [1.82, 2.24) is 4.90 Å². The lowest BCUT2D eigenvalue weighted by molar-refractivity contribution is -0.130. The summed E-state index contributed by atoms with van der Waals surface area (Å²) in [5, 5.41) is 9.08. The highest BCUT2D eigenvalue weighted by atomic mass is 16.3. The number of carbonyl (C=O) groups excluding carboxylic acids is 1. The zero-order valence-corrected chi connectivity index (χ0v) is 13.3. The van der Waals surface area contributed by atoms with Crippen molar-refractivity contribution >= 4 is 5.91 Å². The molecule has 118 valence electrons. The number of nitrogens with zero attached hydrogens (tertiary/aromatic N) is 1. The number of likely N-dealkylation sites (tertiary alicyclic amines) is 1. The average molecular weight is 283 g/mol. The van der Waals surface area contributed by atoms with Crippen LogP contribution in [0.3, 0.4) is 0 Å². The average Bonchev–Trinajstić information content (AvgIpc) is 2.94. The standard InChI is InChI=1S/C17H33NO2/c1-2-3-4-5-6-7-8-9-10-11-17(20)18-13-12-16(14-18)15-19/h16,19H,2-15H2,1H3. The summed E-state index contributed by atoms with van der Waals surface area (Å²) in [4.78, 5) is 13.9. The fourth-order valence-corrected chi connectivity index (χ4v) is 2.95. The third kappa shape index (κ3) is 7.28. The Hall–Kier alpha value is -0.570. The molecule has 3 nitrogen and oxygen atoms in total. The van der Waals surface area contributed by atoms with Crippen molar-refractivity contribution in [2.24, 2.45) is 5.92 Å². The highest BCUT2D eigenvalue weighted by Crippen LogP contribution is 2.17. The van der Waals surface area contributed by atoms with E-state index in [0.717, 1.165) is 25.9 Å². The molecule has 0 aromatic rings. The lowest BCUT2D eigenvalue weighted by Gasteiger charge is -2.15. The molecule has 0 aromatic carbocycles. The van der Waals surface area contributed by atoms with Gasteiger partial charge in [0, 0.05) is 32.0 Å². The second-order valence-corrected chi connectivity index (χ2v) is 6.26. The summed E-state index contributed by atoms with van der Waals surface area (Å²) in [6.45, 7) is 4.09. The number of aliphatic hydroxyl groups is 1. The fraction of sp³-hybridized carbons (Fsp3) is 0.941. The van der Waals surface area contributed by atoms with E-state index in [1.165, 1.54) is 51.4 Å². The highest BCUT2D eigenvalue weighted by Gasteiger charge is 2.24. The summed E-state index contributed by atoms with van der Waals surface area (Å²) in [5.74, 6) is 0.617. The quantitative estimate of drug-likeness (QED) is 0.587. The van der Waals surface area contributed by atoms with Gasteiger partial charge >= 0.3 is 0 Å². The molecule has 1 atom stereocenters. The molecular weight excluding hydrogens is 250 g/mol. The number of aliphatic hydroxyl groups excluding tert-OH is 1. The summed E-state index contributed by atoms with van der Waals surface area (Å²) in [6.07, 6.45) is 13.3. The summed E-state index contributed by atoms with van der Waals surface area (Å²) in [7, 11) is 0. The first-order chi connectivity index (χ1) is 9.77. The van der Waals surface area contributed by atoms with Crippen LogP contribution < -0.4 is 0 Å². The normalized spacial score (nSPS) is 18.7. The topological polar surface area (TPSA) is 40.5 Å². The molecule has 1 aliphatic rings. The highest BCUT2D eigenvalue weighted by molar-refractivity contribution is 5.76. The number of hydrogen-bond acceptors (Lipinski definition) is 2. The van der Waals surface area contributed by atoms with Crippen molar-refractivity contribution in [3.8, 4) is 0 Å². The van der Waals surface area contributed by atoms with Gasteiger partial charge in [0.15, 0.2) is 0 Å². The van der Waals surface area contributed by atoms with Crippen LogP contribution in [0.1, 0.15) is 77.6 Å². The van der Waals surface area contributed by atoms with Crippen LogP contribution in [-0.2, 0) is 4.79 Å². The Kier molecular flexibility index (Phi) is 9.73. The number of carbonyl (C=O) groups is 1. The van der Waals surface area contributed by atoms with E-state index in [0.29, 0.717) is 18.2 Å². The zero-order valence-electron chi connectivity index (χ0n) is 13.3. The molecule has 20 heavy (non-hydrogen) atoms. The van der Waals surface area contributed by atoms with E-state index in [-0.39, 0.29) is 6.61 Å². The van der Waals surface area contributed by atoms with E-state index < -0.39 is 0 Å². The number of rotatable bonds is 11. The van der Waals surface area contributed by atoms with Crippen molar-refractivity contribution in [2.75, 3.05) is 19.7 Å². The molecular formula is C17H33NO2. The van der Waals surface area contributed by atoms with Gasteiger partial charge in [0.1, 0.15) is 0 Å². The molecule has 1 heterocycles. The molecule has 0 aromatic heterocycles. The van der Waals surface area contributed by atoms with E-state index >= 15 is 0 Å². The maximum absolute atomic E-state index is 12.0. The maximum atomic E-state index is 12.0. The number of hydrogen-bond donors (Lipinski definition) is 1. The van der Waals surface area contributed by atoms with Crippen LogP contribution in [0, 0.1) is 5.92 Å². The molecule has 3 heteroatoms. The Morgan fingerprint density at radius 2 is 1.65 bits per heavy atom. The predicted molar refractivity (Wildman–Crippen MR) is 83.6 cm³/mol. The molecule has 1 N–H and O–H groups in total.